The summed E-state index contributed by atoms with van der Waals surface area (Å²) in [5.74, 6) is 1.03. The number of benzene rings is 2. The maximum absolute atomic E-state index is 13.3. The van der Waals surface area contributed by atoms with E-state index in [0.717, 1.165) is 54.9 Å². The van der Waals surface area contributed by atoms with Crippen LogP contribution >= 0.6 is 0 Å². The van der Waals surface area contributed by atoms with E-state index in [1.54, 1.807) is 7.11 Å². The number of rotatable bonds is 6. The van der Waals surface area contributed by atoms with Gasteiger partial charge >= 0.3 is 0 Å². The molecule has 2 heterocycles. The summed E-state index contributed by atoms with van der Waals surface area (Å²) in [5, 5.41) is 3.03. The number of amides is 2. The molecule has 1 fully saturated rings. The number of hydrogen-bond acceptors (Lipinski definition) is 4. The van der Waals surface area contributed by atoms with Crippen LogP contribution in [0.2, 0.25) is 0 Å². The van der Waals surface area contributed by atoms with Gasteiger partial charge in [-0.2, -0.15) is 0 Å². The Hall–Kier alpha value is -2.86. The van der Waals surface area contributed by atoms with Crippen LogP contribution in [0.3, 0.4) is 0 Å². The molecule has 0 saturated carbocycles. The van der Waals surface area contributed by atoms with E-state index in [-0.39, 0.29) is 17.9 Å². The van der Waals surface area contributed by atoms with Gasteiger partial charge in [0.05, 0.1) is 13.2 Å². The van der Waals surface area contributed by atoms with Gasteiger partial charge < -0.3 is 15.0 Å². The van der Waals surface area contributed by atoms with Crippen LogP contribution < -0.4 is 10.1 Å². The van der Waals surface area contributed by atoms with Crippen LogP contribution in [0.25, 0.3) is 0 Å². The fourth-order valence-corrected chi connectivity index (χ4v) is 4.98. The van der Waals surface area contributed by atoms with E-state index >= 15 is 0 Å². The molecular formula is C27H35N3O3. The molecule has 0 spiro atoms. The lowest BCUT2D eigenvalue weighted by atomic mass is 9.97. The second-order valence-electron chi connectivity index (χ2n) is 9.20. The monoisotopic (exact) mass is 449 g/mol. The van der Waals surface area contributed by atoms with Gasteiger partial charge in [-0.15, -0.1) is 0 Å². The van der Waals surface area contributed by atoms with Gasteiger partial charge in [-0.25, -0.2) is 0 Å². The summed E-state index contributed by atoms with van der Waals surface area (Å²) in [6.07, 6.45) is 6.31. The average Bonchev–Trinajstić information content (AvgIpc) is 3.06. The highest BCUT2D eigenvalue weighted by Crippen LogP contribution is 2.26. The summed E-state index contributed by atoms with van der Waals surface area (Å²) in [6, 6.07) is 13.9. The molecule has 176 valence electrons. The Morgan fingerprint density at radius 3 is 2.76 bits per heavy atom. The molecule has 2 aromatic carbocycles. The Bertz CT molecular complexity index is 990. The minimum absolute atomic E-state index is 0.00749. The lowest BCUT2D eigenvalue weighted by Crippen LogP contribution is -2.48. The Morgan fingerprint density at radius 1 is 1.06 bits per heavy atom. The number of anilines is 1. The number of ether oxygens (including phenoxy) is 1. The summed E-state index contributed by atoms with van der Waals surface area (Å²) in [5.41, 5.74) is 4.21. The summed E-state index contributed by atoms with van der Waals surface area (Å²) in [6.45, 7) is 2.37. The summed E-state index contributed by atoms with van der Waals surface area (Å²) in [4.78, 5) is 30.1. The first-order valence-corrected chi connectivity index (χ1v) is 12.1. The van der Waals surface area contributed by atoms with Crippen molar-refractivity contribution >= 4 is 17.5 Å². The van der Waals surface area contributed by atoms with Crippen molar-refractivity contribution in [2.75, 3.05) is 32.6 Å². The molecule has 2 aliphatic heterocycles. The third-order valence-corrected chi connectivity index (χ3v) is 6.93. The number of nitrogens with one attached hydrogen (secondary N) is 1. The quantitative estimate of drug-likeness (QED) is 0.724. The molecule has 2 aliphatic rings. The van der Waals surface area contributed by atoms with Crippen molar-refractivity contribution in [2.24, 2.45) is 0 Å². The number of para-hydroxylation sites is 1. The van der Waals surface area contributed by atoms with E-state index in [0.29, 0.717) is 19.4 Å². The molecule has 33 heavy (non-hydrogen) atoms. The van der Waals surface area contributed by atoms with Crippen molar-refractivity contribution in [3.8, 4) is 5.75 Å². The van der Waals surface area contributed by atoms with Gasteiger partial charge in [-0.05, 0) is 74.2 Å². The molecule has 0 aliphatic carbocycles. The van der Waals surface area contributed by atoms with Crippen molar-refractivity contribution in [1.82, 2.24) is 9.80 Å². The van der Waals surface area contributed by atoms with E-state index in [4.69, 9.17) is 4.74 Å². The van der Waals surface area contributed by atoms with Crippen LogP contribution in [0, 0.1) is 0 Å². The van der Waals surface area contributed by atoms with E-state index in [2.05, 4.69) is 23.3 Å². The highest BCUT2D eigenvalue weighted by atomic mass is 16.5. The minimum Gasteiger partial charge on any atom is -0.496 e. The van der Waals surface area contributed by atoms with Gasteiger partial charge in [-0.1, -0.05) is 37.1 Å². The molecule has 4 rings (SSSR count). The molecule has 1 atom stereocenters. The molecule has 6 nitrogen and oxygen atoms in total. The summed E-state index contributed by atoms with van der Waals surface area (Å²) < 4.78 is 5.38. The maximum Gasteiger partial charge on any atom is 0.240 e. The molecule has 0 aromatic heterocycles. The Kier molecular flexibility index (Phi) is 7.65. The molecule has 1 unspecified atom stereocenters. The van der Waals surface area contributed by atoms with Crippen LogP contribution in [0.15, 0.2) is 42.5 Å². The third kappa shape index (κ3) is 5.74. The summed E-state index contributed by atoms with van der Waals surface area (Å²) >= 11 is 0. The number of carbonyl (C=O) groups excluding carboxylic acids is 2. The highest BCUT2D eigenvalue weighted by Gasteiger charge is 2.30. The van der Waals surface area contributed by atoms with E-state index < -0.39 is 0 Å². The number of fused-ring (bicyclic) bond motifs is 1. The molecule has 0 radical (unpaired) electrons. The predicted octanol–water partition coefficient (Wildman–Crippen LogP) is 4.03. The van der Waals surface area contributed by atoms with Crippen molar-refractivity contribution in [3.63, 3.8) is 0 Å². The molecule has 2 amide bonds. The van der Waals surface area contributed by atoms with Crippen molar-refractivity contribution in [2.45, 2.75) is 57.5 Å². The number of likely N-dealkylation sites (tertiary alicyclic amines) is 1. The van der Waals surface area contributed by atoms with Gasteiger partial charge in [0, 0.05) is 25.2 Å². The number of likely N-dealkylation sites (N-methyl/N-ethyl adjacent to an activating group) is 1. The van der Waals surface area contributed by atoms with E-state index in [1.807, 2.05) is 41.3 Å². The average molecular weight is 450 g/mol. The van der Waals surface area contributed by atoms with Gasteiger partial charge in [0.1, 0.15) is 5.75 Å². The topological polar surface area (TPSA) is 61.9 Å². The molecule has 1 saturated heterocycles. The fourth-order valence-electron chi connectivity index (χ4n) is 4.98. The second kappa shape index (κ2) is 10.8. The summed E-state index contributed by atoms with van der Waals surface area (Å²) in [7, 11) is 3.72. The lowest BCUT2D eigenvalue weighted by Gasteiger charge is -2.34. The van der Waals surface area contributed by atoms with Crippen LogP contribution in [-0.4, -0.2) is 54.9 Å². The van der Waals surface area contributed by atoms with E-state index in [1.165, 1.54) is 18.4 Å². The number of hydrogen-bond donors (Lipinski definition) is 1. The zero-order valence-corrected chi connectivity index (χ0v) is 19.8. The SMILES string of the molecule is COc1ccccc1CCC(=O)Nc1ccc2c(c1)CN(C(=O)C1CCCCCN1C)CC2. The number of carbonyl (C=O) groups is 2. The zero-order valence-electron chi connectivity index (χ0n) is 19.8. The van der Waals surface area contributed by atoms with Crippen LogP contribution in [-0.2, 0) is 29.0 Å². The molecular weight excluding hydrogens is 414 g/mol. The molecule has 0 bridgehead atoms. The van der Waals surface area contributed by atoms with Crippen LogP contribution in [0.5, 0.6) is 5.75 Å². The molecule has 6 heteroatoms. The molecule has 1 N–H and O–H groups in total. The van der Waals surface area contributed by atoms with Gasteiger partial charge in [-0.3, -0.25) is 14.5 Å². The normalized spacial score (nSPS) is 18.8. The van der Waals surface area contributed by atoms with Gasteiger partial charge in [0.2, 0.25) is 11.8 Å². The van der Waals surface area contributed by atoms with Crippen molar-refractivity contribution in [3.05, 3.63) is 59.2 Å². The number of nitrogens with zero attached hydrogens (tertiary/aromatic N) is 2. The third-order valence-electron chi connectivity index (χ3n) is 6.93. The largest absolute Gasteiger partial charge is 0.496 e. The maximum atomic E-state index is 13.3. The Morgan fingerprint density at radius 2 is 1.91 bits per heavy atom. The minimum atomic E-state index is -0.0234. The van der Waals surface area contributed by atoms with Crippen LogP contribution in [0.4, 0.5) is 5.69 Å². The number of methoxy groups -OCH3 is 1. The van der Waals surface area contributed by atoms with Crippen molar-refractivity contribution in [1.29, 1.82) is 0 Å². The van der Waals surface area contributed by atoms with E-state index in [9.17, 15) is 9.59 Å². The predicted molar refractivity (Wildman–Crippen MR) is 130 cm³/mol. The van der Waals surface area contributed by atoms with Crippen LogP contribution in [0.1, 0.15) is 48.8 Å². The standard InChI is InChI=1S/C27H35N3O3/c1-29-16-7-3-4-9-24(29)27(32)30-17-15-20-11-13-23(18-22(20)19-30)28-26(31)14-12-21-8-5-6-10-25(21)33-2/h5-6,8,10-11,13,18,24H,3-4,7,9,12,14-17,19H2,1-2H3,(H,28,31). The fraction of sp³-hybridized carbons (Fsp3) is 0.481. The van der Waals surface area contributed by atoms with Gasteiger partial charge in [0.15, 0.2) is 0 Å². The first kappa shape index (κ1) is 23.3. The smallest absolute Gasteiger partial charge is 0.240 e. The first-order chi connectivity index (χ1) is 16.0. The second-order valence-corrected chi connectivity index (χ2v) is 9.20. The number of aryl methyl sites for hydroxylation is 1. The Labute approximate surface area is 196 Å². The van der Waals surface area contributed by atoms with Gasteiger partial charge in [0.25, 0.3) is 0 Å². The zero-order chi connectivity index (χ0) is 23.2. The lowest BCUT2D eigenvalue weighted by molar-refractivity contribution is -0.137. The highest BCUT2D eigenvalue weighted by molar-refractivity contribution is 5.91. The molecule has 2 aromatic rings. The first-order valence-electron chi connectivity index (χ1n) is 12.1. The Balaban J connectivity index is 1.37. The van der Waals surface area contributed by atoms with Crippen molar-refractivity contribution < 1.29 is 14.3 Å².